The molecule has 150 valence electrons. The number of amidine groups is 2. The summed E-state index contributed by atoms with van der Waals surface area (Å²) in [5.41, 5.74) is 4.83. The Morgan fingerprint density at radius 3 is 2.00 bits per heavy atom. The van der Waals surface area contributed by atoms with E-state index in [1.54, 1.807) is 6.21 Å². The van der Waals surface area contributed by atoms with Gasteiger partial charge < -0.3 is 0 Å². The van der Waals surface area contributed by atoms with Gasteiger partial charge in [0.05, 0.1) is 0 Å². The van der Waals surface area contributed by atoms with Crippen LogP contribution >= 0.6 is 15.9 Å². The van der Waals surface area contributed by atoms with E-state index < -0.39 is 0 Å². The SMILES string of the molecule is N=C(/N=C(\N=C\c1ccccc1)c1ccc(-c2ccccc2)cc1)c1cccc(Br)c1. The molecule has 0 aliphatic carbocycles. The zero-order valence-electron chi connectivity index (χ0n) is 16.7. The molecule has 4 heteroatoms. The molecule has 4 aromatic carbocycles. The summed E-state index contributed by atoms with van der Waals surface area (Å²) in [7, 11) is 0. The van der Waals surface area contributed by atoms with Crippen molar-refractivity contribution in [2.24, 2.45) is 9.98 Å². The maximum Gasteiger partial charge on any atom is 0.161 e. The van der Waals surface area contributed by atoms with Crippen LogP contribution in [0.25, 0.3) is 11.1 Å². The fourth-order valence-corrected chi connectivity index (χ4v) is 3.49. The van der Waals surface area contributed by atoms with E-state index in [9.17, 15) is 0 Å². The lowest BCUT2D eigenvalue weighted by Gasteiger charge is -2.06. The van der Waals surface area contributed by atoms with E-state index in [0.717, 1.165) is 32.3 Å². The van der Waals surface area contributed by atoms with E-state index >= 15 is 0 Å². The molecule has 31 heavy (non-hydrogen) atoms. The fraction of sp³-hybridized carbons (Fsp3) is 0. The molecule has 1 N–H and O–H groups in total. The first-order valence-corrected chi connectivity index (χ1v) is 10.7. The predicted octanol–water partition coefficient (Wildman–Crippen LogP) is 7.01. The van der Waals surface area contributed by atoms with Crippen LogP contribution in [0.2, 0.25) is 0 Å². The molecule has 4 rings (SSSR count). The van der Waals surface area contributed by atoms with Gasteiger partial charge in [-0.2, -0.15) is 0 Å². The summed E-state index contributed by atoms with van der Waals surface area (Å²) in [5, 5.41) is 8.48. The first-order chi connectivity index (χ1) is 15.2. The molecule has 3 nitrogen and oxygen atoms in total. The Labute approximate surface area is 190 Å². The molecule has 0 unspecified atom stereocenters. The Morgan fingerprint density at radius 2 is 1.32 bits per heavy atom. The Kier molecular flexibility index (Phi) is 6.60. The van der Waals surface area contributed by atoms with Crippen molar-refractivity contribution < 1.29 is 0 Å². The third kappa shape index (κ3) is 5.50. The molecule has 0 heterocycles. The molecule has 0 radical (unpaired) electrons. The lowest BCUT2D eigenvalue weighted by molar-refractivity contribution is 1.39. The monoisotopic (exact) mass is 465 g/mol. The minimum absolute atomic E-state index is 0.161. The zero-order valence-corrected chi connectivity index (χ0v) is 18.3. The molecule has 0 aliphatic rings. The number of rotatable bonds is 4. The van der Waals surface area contributed by atoms with Crippen LogP contribution in [0.1, 0.15) is 16.7 Å². The van der Waals surface area contributed by atoms with Crippen molar-refractivity contribution in [3.8, 4) is 11.1 Å². The summed E-state index contributed by atoms with van der Waals surface area (Å²) in [6.07, 6.45) is 1.78. The Balaban J connectivity index is 1.69. The fourth-order valence-electron chi connectivity index (χ4n) is 3.09. The van der Waals surface area contributed by atoms with Gasteiger partial charge in [0.1, 0.15) is 0 Å². The molecular formula is C27H20BrN3. The molecule has 0 amide bonds. The second-order valence-electron chi connectivity index (χ2n) is 6.91. The van der Waals surface area contributed by atoms with E-state index in [1.165, 1.54) is 0 Å². The third-order valence-corrected chi connectivity index (χ3v) is 5.19. The van der Waals surface area contributed by atoms with Crippen molar-refractivity contribution in [2.75, 3.05) is 0 Å². The van der Waals surface area contributed by atoms with Crippen molar-refractivity contribution in [3.63, 3.8) is 0 Å². The molecule has 0 saturated carbocycles. The first-order valence-electron chi connectivity index (χ1n) is 9.87. The first kappa shape index (κ1) is 20.6. The van der Waals surface area contributed by atoms with Crippen LogP contribution < -0.4 is 0 Å². The number of benzene rings is 4. The van der Waals surface area contributed by atoms with Gasteiger partial charge in [0.2, 0.25) is 0 Å². The largest absolute Gasteiger partial charge is 0.282 e. The standard InChI is InChI=1S/C27H20BrN3/c28-25-13-7-12-24(18-25)26(29)31-27(30-19-20-8-3-1-4-9-20)23-16-14-22(15-17-23)21-10-5-2-6-11-21/h1-19,29H/b29-26?,30-19+,31-27-. The minimum Gasteiger partial charge on any atom is -0.282 e. The number of aliphatic imine (C=N–C) groups is 2. The van der Waals surface area contributed by atoms with Gasteiger partial charge in [-0.05, 0) is 28.8 Å². The zero-order chi connectivity index (χ0) is 21.5. The van der Waals surface area contributed by atoms with Crippen molar-refractivity contribution in [1.82, 2.24) is 0 Å². The molecule has 0 fully saturated rings. The van der Waals surface area contributed by atoms with Gasteiger partial charge in [0.15, 0.2) is 11.7 Å². The quantitative estimate of drug-likeness (QED) is 0.249. The summed E-state index contributed by atoms with van der Waals surface area (Å²) in [6, 6.07) is 35.8. The van der Waals surface area contributed by atoms with Gasteiger partial charge in [-0.15, -0.1) is 0 Å². The molecule has 0 aliphatic heterocycles. The number of nitrogens with zero attached hydrogens (tertiary/aromatic N) is 2. The van der Waals surface area contributed by atoms with Crippen LogP contribution in [-0.4, -0.2) is 17.9 Å². The maximum atomic E-state index is 8.48. The molecule has 0 saturated heterocycles. The van der Waals surface area contributed by atoms with Gasteiger partial charge in [0.25, 0.3) is 0 Å². The Bertz CT molecular complexity index is 1230. The van der Waals surface area contributed by atoms with E-state index in [2.05, 4.69) is 50.2 Å². The highest BCUT2D eigenvalue weighted by Crippen LogP contribution is 2.20. The van der Waals surface area contributed by atoms with E-state index in [4.69, 9.17) is 5.41 Å². The van der Waals surface area contributed by atoms with Crippen LogP contribution in [0.5, 0.6) is 0 Å². The number of hydrogen-bond donors (Lipinski definition) is 1. The average Bonchev–Trinajstić information content (AvgIpc) is 2.83. The van der Waals surface area contributed by atoms with Crippen LogP contribution in [0.15, 0.2) is 124 Å². The summed E-state index contributed by atoms with van der Waals surface area (Å²) >= 11 is 3.46. The predicted molar refractivity (Wildman–Crippen MR) is 133 cm³/mol. The van der Waals surface area contributed by atoms with Gasteiger partial charge >= 0.3 is 0 Å². The normalized spacial score (nSPS) is 11.6. The third-order valence-electron chi connectivity index (χ3n) is 4.70. The highest BCUT2D eigenvalue weighted by Gasteiger charge is 2.07. The molecule has 4 aromatic rings. The summed E-state index contributed by atoms with van der Waals surface area (Å²) in [5.74, 6) is 0.655. The topological polar surface area (TPSA) is 48.6 Å². The van der Waals surface area contributed by atoms with Crippen LogP contribution in [0.4, 0.5) is 0 Å². The highest BCUT2D eigenvalue weighted by atomic mass is 79.9. The lowest BCUT2D eigenvalue weighted by Crippen LogP contribution is -2.04. The van der Waals surface area contributed by atoms with Gasteiger partial charge in [0, 0.05) is 21.8 Å². The van der Waals surface area contributed by atoms with E-state index in [-0.39, 0.29) is 5.84 Å². The highest BCUT2D eigenvalue weighted by molar-refractivity contribution is 9.10. The Hall–Kier alpha value is -3.63. The van der Waals surface area contributed by atoms with E-state index in [0.29, 0.717) is 5.84 Å². The van der Waals surface area contributed by atoms with E-state index in [1.807, 2.05) is 84.9 Å². The van der Waals surface area contributed by atoms with Crippen LogP contribution in [-0.2, 0) is 0 Å². The van der Waals surface area contributed by atoms with Crippen molar-refractivity contribution in [2.45, 2.75) is 0 Å². The van der Waals surface area contributed by atoms with Crippen LogP contribution in [0, 0.1) is 5.41 Å². The van der Waals surface area contributed by atoms with Gasteiger partial charge in [-0.1, -0.05) is 113 Å². The smallest absolute Gasteiger partial charge is 0.161 e. The minimum atomic E-state index is 0.161. The number of hydrogen-bond acceptors (Lipinski definition) is 1. The molecule has 0 atom stereocenters. The molecule has 0 aromatic heterocycles. The summed E-state index contributed by atoms with van der Waals surface area (Å²) in [6.45, 7) is 0. The van der Waals surface area contributed by atoms with Crippen LogP contribution in [0.3, 0.4) is 0 Å². The second kappa shape index (κ2) is 9.92. The molecular weight excluding hydrogens is 446 g/mol. The number of nitrogens with one attached hydrogen (secondary N) is 1. The average molecular weight is 466 g/mol. The second-order valence-corrected chi connectivity index (χ2v) is 7.82. The maximum absolute atomic E-state index is 8.48. The lowest BCUT2D eigenvalue weighted by atomic mass is 10.0. The summed E-state index contributed by atoms with van der Waals surface area (Å²) < 4.78 is 0.909. The number of halogens is 1. The molecule has 0 bridgehead atoms. The van der Waals surface area contributed by atoms with Crippen molar-refractivity contribution in [1.29, 1.82) is 5.41 Å². The van der Waals surface area contributed by atoms with Crippen molar-refractivity contribution >= 4 is 33.8 Å². The van der Waals surface area contributed by atoms with Crippen molar-refractivity contribution in [3.05, 3.63) is 130 Å². The Morgan fingerprint density at radius 1 is 0.677 bits per heavy atom. The van der Waals surface area contributed by atoms with Gasteiger partial charge in [-0.25, -0.2) is 9.98 Å². The molecule has 0 spiro atoms. The summed E-state index contributed by atoms with van der Waals surface area (Å²) in [4.78, 5) is 9.18. The van der Waals surface area contributed by atoms with Gasteiger partial charge in [-0.3, -0.25) is 5.41 Å².